The van der Waals surface area contributed by atoms with E-state index in [4.69, 9.17) is 21.1 Å². The topological polar surface area (TPSA) is 76.7 Å². The Morgan fingerprint density at radius 1 is 1.04 bits per heavy atom. The average Bonchev–Trinajstić information content (AvgIpc) is 2.96. The van der Waals surface area contributed by atoms with Gasteiger partial charge in [-0.1, -0.05) is 11.6 Å². The van der Waals surface area contributed by atoms with Crippen molar-refractivity contribution in [1.29, 1.82) is 0 Å². The van der Waals surface area contributed by atoms with Crippen LogP contribution in [0.3, 0.4) is 0 Å². The van der Waals surface area contributed by atoms with Gasteiger partial charge in [-0.2, -0.15) is 0 Å². The maximum Gasteiger partial charge on any atom is 0.323 e. The molecule has 1 aliphatic heterocycles. The summed E-state index contributed by atoms with van der Waals surface area (Å²) < 4.78 is 10.5. The lowest BCUT2D eigenvalue weighted by Gasteiger charge is -2.11. The fourth-order valence-electron chi connectivity index (χ4n) is 2.15. The summed E-state index contributed by atoms with van der Waals surface area (Å²) in [5, 5.41) is 5.88. The van der Waals surface area contributed by atoms with Gasteiger partial charge >= 0.3 is 6.03 Å². The molecule has 23 heavy (non-hydrogen) atoms. The van der Waals surface area contributed by atoms with E-state index in [9.17, 15) is 9.59 Å². The van der Waals surface area contributed by atoms with Crippen LogP contribution in [0.1, 0.15) is 17.3 Å². The zero-order chi connectivity index (χ0) is 16.4. The van der Waals surface area contributed by atoms with Crippen LogP contribution in [0, 0.1) is 0 Å². The van der Waals surface area contributed by atoms with Crippen LogP contribution in [0.4, 0.5) is 16.2 Å². The van der Waals surface area contributed by atoms with E-state index in [-0.39, 0.29) is 12.6 Å². The van der Waals surface area contributed by atoms with Crippen molar-refractivity contribution in [2.75, 3.05) is 17.4 Å². The monoisotopic (exact) mass is 332 g/mol. The summed E-state index contributed by atoms with van der Waals surface area (Å²) >= 11 is 5.80. The smallest absolute Gasteiger partial charge is 0.323 e. The Morgan fingerprint density at radius 3 is 2.35 bits per heavy atom. The van der Waals surface area contributed by atoms with Crippen LogP contribution >= 0.6 is 11.6 Å². The molecule has 2 aromatic carbocycles. The van der Waals surface area contributed by atoms with Crippen molar-refractivity contribution in [3.63, 3.8) is 0 Å². The first-order chi connectivity index (χ1) is 11.0. The summed E-state index contributed by atoms with van der Waals surface area (Å²) in [6.07, 6.45) is 0. The molecule has 0 aliphatic carbocycles. The molecule has 2 amide bonds. The largest absolute Gasteiger partial charge is 0.454 e. The van der Waals surface area contributed by atoms with Crippen LogP contribution in [-0.2, 0) is 0 Å². The second kappa shape index (κ2) is 6.18. The third-order valence-electron chi connectivity index (χ3n) is 3.24. The van der Waals surface area contributed by atoms with Crippen molar-refractivity contribution >= 4 is 34.8 Å². The Hall–Kier alpha value is -2.73. The summed E-state index contributed by atoms with van der Waals surface area (Å²) in [7, 11) is 0. The number of rotatable bonds is 3. The number of benzene rings is 2. The highest BCUT2D eigenvalue weighted by Crippen LogP contribution is 2.37. The first-order valence-electron chi connectivity index (χ1n) is 6.81. The fourth-order valence-corrected chi connectivity index (χ4v) is 2.28. The van der Waals surface area contributed by atoms with Crippen molar-refractivity contribution in [3.05, 3.63) is 47.0 Å². The van der Waals surface area contributed by atoms with Gasteiger partial charge in [-0.25, -0.2) is 4.79 Å². The van der Waals surface area contributed by atoms with Gasteiger partial charge in [-0.15, -0.1) is 0 Å². The molecule has 0 spiro atoms. The van der Waals surface area contributed by atoms with Crippen LogP contribution in [0.2, 0.25) is 5.02 Å². The van der Waals surface area contributed by atoms with Crippen molar-refractivity contribution in [2.45, 2.75) is 6.92 Å². The molecule has 0 saturated heterocycles. The van der Waals surface area contributed by atoms with E-state index in [1.165, 1.54) is 6.92 Å². The van der Waals surface area contributed by atoms with Crippen molar-refractivity contribution in [1.82, 2.24) is 0 Å². The molecule has 0 atom stereocenters. The van der Waals surface area contributed by atoms with Crippen LogP contribution in [0.5, 0.6) is 11.5 Å². The minimum atomic E-state index is -0.478. The van der Waals surface area contributed by atoms with E-state index in [1.54, 1.807) is 36.4 Å². The van der Waals surface area contributed by atoms with E-state index in [1.807, 2.05) is 0 Å². The van der Waals surface area contributed by atoms with E-state index in [2.05, 4.69) is 10.6 Å². The molecule has 6 nitrogen and oxygen atoms in total. The number of hydrogen-bond donors (Lipinski definition) is 2. The molecule has 3 rings (SSSR count). The van der Waals surface area contributed by atoms with Crippen LogP contribution in [0.25, 0.3) is 0 Å². The third kappa shape index (κ3) is 3.37. The molecule has 0 unspecified atom stereocenters. The Balaban J connectivity index is 1.80. The molecule has 0 saturated carbocycles. The highest BCUT2D eigenvalue weighted by atomic mass is 35.5. The van der Waals surface area contributed by atoms with Gasteiger partial charge in [0.05, 0.1) is 5.69 Å². The molecular formula is C16H13ClN2O4. The Bertz CT molecular complexity index is 774. The molecule has 0 radical (unpaired) electrons. The number of carbonyl (C=O) groups is 2. The number of carbonyl (C=O) groups excluding carboxylic acids is 2. The number of urea groups is 1. The summed E-state index contributed by atoms with van der Waals surface area (Å²) in [6, 6.07) is 9.33. The molecule has 7 heteroatoms. The first-order valence-corrected chi connectivity index (χ1v) is 7.19. The van der Waals surface area contributed by atoms with E-state index in [0.29, 0.717) is 33.5 Å². The first kappa shape index (κ1) is 15.2. The predicted molar refractivity (Wildman–Crippen MR) is 86.7 cm³/mol. The number of amides is 2. The summed E-state index contributed by atoms with van der Waals surface area (Å²) in [4.78, 5) is 23.9. The third-order valence-corrected chi connectivity index (χ3v) is 3.49. The number of nitrogens with one attached hydrogen (secondary N) is 2. The van der Waals surface area contributed by atoms with Crippen molar-refractivity contribution in [3.8, 4) is 11.5 Å². The number of fused-ring (bicyclic) bond motifs is 1. The van der Waals surface area contributed by atoms with E-state index in [0.717, 1.165) is 0 Å². The minimum Gasteiger partial charge on any atom is -0.454 e. The molecule has 0 bridgehead atoms. The molecule has 2 aromatic rings. The predicted octanol–water partition coefficient (Wildman–Crippen LogP) is 3.92. The lowest BCUT2D eigenvalue weighted by molar-refractivity contribution is 0.101. The Morgan fingerprint density at radius 2 is 1.70 bits per heavy atom. The minimum absolute atomic E-state index is 0.0904. The highest BCUT2D eigenvalue weighted by molar-refractivity contribution is 6.30. The zero-order valence-corrected chi connectivity index (χ0v) is 12.9. The number of hydrogen-bond acceptors (Lipinski definition) is 4. The molecule has 0 aromatic heterocycles. The summed E-state index contributed by atoms with van der Waals surface area (Å²) in [6.45, 7) is 1.51. The molecule has 1 heterocycles. The lowest BCUT2D eigenvalue weighted by atomic mass is 10.1. The number of anilines is 2. The number of ketones is 1. The SMILES string of the molecule is CC(=O)c1cc2c(cc1NC(=O)Nc1ccc(Cl)cc1)OCO2. The molecular weight excluding hydrogens is 320 g/mol. The van der Waals surface area contributed by atoms with Gasteiger partial charge in [0.1, 0.15) is 0 Å². The molecule has 0 fully saturated rings. The maximum atomic E-state index is 12.1. The average molecular weight is 333 g/mol. The number of ether oxygens (including phenoxy) is 2. The van der Waals surface area contributed by atoms with Gasteiger partial charge in [0, 0.05) is 22.3 Å². The van der Waals surface area contributed by atoms with Gasteiger partial charge < -0.3 is 20.1 Å². The summed E-state index contributed by atoms with van der Waals surface area (Å²) in [5.41, 5.74) is 1.28. The second-order valence-corrected chi connectivity index (χ2v) is 5.33. The van der Waals surface area contributed by atoms with Crippen LogP contribution in [-0.4, -0.2) is 18.6 Å². The van der Waals surface area contributed by atoms with E-state index < -0.39 is 6.03 Å². The van der Waals surface area contributed by atoms with Gasteiger partial charge in [-0.3, -0.25) is 4.79 Å². The lowest BCUT2D eigenvalue weighted by Crippen LogP contribution is -2.20. The van der Waals surface area contributed by atoms with Gasteiger partial charge in [0.25, 0.3) is 0 Å². The molecule has 2 N–H and O–H groups in total. The van der Waals surface area contributed by atoms with Crippen LogP contribution < -0.4 is 20.1 Å². The quantitative estimate of drug-likeness (QED) is 0.835. The van der Waals surface area contributed by atoms with E-state index >= 15 is 0 Å². The standard InChI is InChI=1S/C16H13ClN2O4/c1-9(20)12-6-14-15(23-8-22-14)7-13(12)19-16(21)18-11-4-2-10(17)3-5-11/h2-7H,8H2,1H3,(H2,18,19,21). The maximum absolute atomic E-state index is 12.1. The normalized spacial score (nSPS) is 11.9. The van der Waals surface area contributed by atoms with Gasteiger partial charge in [0.15, 0.2) is 17.3 Å². The fraction of sp³-hybridized carbons (Fsp3) is 0.125. The Kier molecular flexibility index (Phi) is 4.08. The van der Waals surface area contributed by atoms with Crippen molar-refractivity contribution < 1.29 is 19.1 Å². The molecule has 118 valence electrons. The van der Waals surface area contributed by atoms with Gasteiger partial charge in [-0.05, 0) is 37.3 Å². The highest BCUT2D eigenvalue weighted by Gasteiger charge is 2.20. The van der Waals surface area contributed by atoms with Crippen LogP contribution in [0.15, 0.2) is 36.4 Å². The second-order valence-electron chi connectivity index (χ2n) is 4.89. The number of halogens is 1. The van der Waals surface area contributed by atoms with Crippen molar-refractivity contribution in [2.24, 2.45) is 0 Å². The summed E-state index contributed by atoms with van der Waals surface area (Å²) in [5.74, 6) is 0.778. The van der Waals surface area contributed by atoms with Gasteiger partial charge in [0.2, 0.25) is 6.79 Å². The molecule has 1 aliphatic rings. The number of Topliss-reactive ketones (excluding diaryl/α,β-unsaturated/α-hetero) is 1. The Labute approximate surface area is 137 Å². The zero-order valence-electron chi connectivity index (χ0n) is 12.2.